The number of aromatic amines is 1. The molecule has 3 N–H and O–H groups in total. The Morgan fingerprint density at radius 2 is 1.93 bits per heavy atom. The number of nitrogens with two attached hydrogens (primary N) is 1. The minimum absolute atomic E-state index is 0.0779. The Labute approximate surface area is 167 Å². The number of rotatable bonds is 4. The average molecular weight is 419 g/mol. The molecule has 4 rings (SSSR count). The third kappa shape index (κ3) is 3.53. The molecule has 156 valence electrons. The summed E-state index contributed by atoms with van der Waals surface area (Å²) in [5, 5.41) is 4.19. The van der Waals surface area contributed by atoms with Crippen molar-refractivity contribution in [2.45, 2.75) is 33.0 Å². The van der Waals surface area contributed by atoms with Crippen LogP contribution >= 0.6 is 0 Å². The number of aromatic nitrogens is 5. The molecule has 0 spiro atoms. The zero-order valence-corrected chi connectivity index (χ0v) is 16.1. The molecular weight excluding hydrogens is 401 g/mol. The van der Waals surface area contributed by atoms with Crippen molar-refractivity contribution in [3.63, 3.8) is 0 Å². The van der Waals surface area contributed by atoms with Crippen molar-refractivity contribution in [2.75, 3.05) is 5.73 Å². The number of furan rings is 1. The van der Waals surface area contributed by atoms with Crippen LogP contribution in [-0.4, -0.2) is 25.3 Å². The Morgan fingerprint density at radius 1 is 1.23 bits per heavy atom. The van der Waals surface area contributed by atoms with Crippen LogP contribution in [0.2, 0.25) is 0 Å². The molecule has 4 aromatic rings. The van der Waals surface area contributed by atoms with Gasteiger partial charge in [-0.05, 0) is 43.7 Å². The van der Waals surface area contributed by atoms with Gasteiger partial charge in [0, 0.05) is 11.4 Å². The highest BCUT2D eigenvalue weighted by Gasteiger charge is 2.30. The molecule has 0 radical (unpaired) electrons. The maximum atomic E-state index is 12.7. The SMILES string of the molecule is Cc1cc(-c2c(-c3ccco3)[nH+]c(N)n3c(=O)n(CCC(F)(F)F)nc23)cc(C)n1. The highest BCUT2D eigenvalue weighted by atomic mass is 19.4. The molecule has 0 aliphatic rings. The molecule has 0 aromatic carbocycles. The van der Waals surface area contributed by atoms with Gasteiger partial charge in [-0.25, -0.2) is 9.78 Å². The van der Waals surface area contributed by atoms with Crippen molar-refractivity contribution >= 4 is 11.6 Å². The van der Waals surface area contributed by atoms with E-state index in [1.807, 2.05) is 13.8 Å². The lowest BCUT2D eigenvalue weighted by atomic mass is 10.0. The first-order chi connectivity index (χ1) is 14.1. The van der Waals surface area contributed by atoms with Gasteiger partial charge in [0.2, 0.25) is 5.65 Å². The van der Waals surface area contributed by atoms with Crippen LogP contribution in [0.25, 0.3) is 28.2 Å². The maximum absolute atomic E-state index is 12.7. The first-order valence-electron chi connectivity index (χ1n) is 9.04. The predicted molar refractivity (Wildman–Crippen MR) is 101 cm³/mol. The van der Waals surface area contributed by atoms with Gasteiger partial charge in [0.05, 0.1) is 24.8 Å². The molecule has 4 heterocycles. The van der Waals surface area contributed by atoms with Crippen molar-refractivity contribution in [1.82, 2.24) is 19.2 Å². The van der Waals surface area contributed by atoms with Crippen LogP contribution in [0.5, 0.6) is 0 Å². The fraction of sp³-hybridized carbons (Fsp3) is 0.263. The topological polar surface area (TPSA) is 105 Å². The summed E-state index contributed by atoms with van der Waals surface area (Å²) < 4.78 is 45.4. The second-order valence-corrected chi connectivity index (χ2v) is 6.91. The summed E-state index contributed by atoms with van der Waals surface area (Å²) in [5.74, 6) is 0.356. The second-order valence-electron chi connectivity index (χ2n) is 6.91. The van der Waals surface area contributed by atoms with Gasteiger partial charge in [0.1, 0.15) is 0 Å². The molecule has 0 saturated carbocycles. The summed E-state index contributed by atoms with van der Waals surface area (Å²) >= 11 is 0. The van der Waals surface area contributed by atoms with Crippen molar-refractivity contribution in [1.29, 1.82) is 0 Å². The summed E-state index contributed by atoms with van der Waals surface area (Å²) in [5.41, 5.74) is 8.43. The number of hydrogen-bond acceptors (Lipinski definition) is 5. The van der Waals surface area contributed by atoms with Crippen LogP contribution in [0, 0.1) is 13.8 Å². The number of nitrogens with one attached hydrogen (secondary N) is 1. The molecule has 0 fully saturated rings. The molecule has 0 bridgehead atoms. The summed E-state index contributed by atoms with van der Waals surface area (Å²) in [7, 11) is 0. The van der Waals surface area contributed by atoms with Gasteiger partial charge in [0.25, 0.3) is 0 Å². The second kappa shape index (κ2) is 7.01. The van der Waals surface area contributed by atoms with Gasteiger partial charge in [-0.1, -0.05) is 0 Å². The molecule has 0 unspecified atom stereocenters. The van der Waals surface area contributed by atoms with Crippen molar-refractivity contribution < 1.29 is 22.6 Å². The number of hydrogen-bond donors (Lipinski definition) is 1. The third-order valence-corrected chi connectivity index (χ3v) is 4.55. The Kier molecular flexibility index (Phi) is 4.60. The van der Waals surface area contributed by atoms with Gasteiger partial charge < -0.3 is 4.42 Å². The molecular formula is C19H18F3N6O2+. The average Bonchev–Trinajstić information content (AvgIpc) is 3.27. The number of halogens is 3. The van der Waals surface area contributed by atoms with E-state index in [-0.39, 0.29) is 11.6 Å². The monoisotopic (exact) mass is 419 g/mol. The minimum Gasteiger partial charge on any atom is -0.461 e. The number of anilines is 1. The molecule has 11 heteroatoms. The maximum Gasteiger partial charge on any atom is 0.411 e. The van der Waals surface area contributed by atoms with E-state index in [0.717, 1.165) is 20.5 Å². The molecule has 0 aliphatic carbocycles. The van der Waals surface area contributed by atoms with E-state index in [2.05, 4.69) is 15.1 Å². The Hall–Kier alpha value is -3.63. The van der Waals surface area contributed by atoms with E-state index in [0.29, 0.717) is 22.6 Å². The first-order valence-corrected chi connectivity index (χ1v) is 9.04. The molecule has 30 heavy (non-hydrogen) atoms. The van der Waals surface area contributed by atoms with Crippen molar-refractivity contribution in [2.24, 2.45) is 0 Å². The summed E-state index contributed by atoms with van der Waals surface area (Å²) in [6, 6.07) is 6.96. The number of fused-ring (bicyclic) bond motifs is 1. The zero-order chi connectivity index (χ0) is 21.6. The lowest BCUT2D eigenvalue weighted by Crippen LogP contribution is -2.28. The van der Waals surface area contributed by atoms with Crippen LogP contribution in [0.4, 0.5) is 19.1 Å². The highest BCUT2D eigenvalue weighted by Crippen LogP contribution is 2.33. The van der Waals surface area contributed by atoms with E-state index >= 15 is 0 Å². The Balaban J connectivity index is 2.04. The standard InChI is InChI=1S/C19H17F3N6O2/c1-10-8-12(9-11(2)24-10)14-15(13-4-3-7-30-13)25-17(23)28-16(14)26-27(18(28)29)6-5-19(20,21)22/h3-4,7-9H,5-6H2,1-2H3,(H2,23,25)/p+1. The fourth-order valence-electron chi connectivity index (χ4n) is 3.38. The van der Waals surface area contributed by atoms with Crippen LogP contribution in [0.1, 0.15) is 17.8 Å². The number of nitrogen functional groups attached to an aromatic ring is 1. The number of alkyl halides is 3. The van der Waals surface area contributed by atoms with Crippen LogP contribution in [0.15, 0.2) is 39.7 Å². The van der Waals surface area contributed by atoms with Crippen LogP contribution in [0.3, 0.4) is 0 Å². The van der Waals surface area contributed by atoms with E-state index in [4.69, 9.17) is 10.2 Å². The summed E-state index contributed by atoms with van der Waals surface area (Å²) in [6.07, 6.45) is -4.13. The van der Waals surface area contributed by atoms with E-state index < -0.39 is 24.8 Å². The van der Waals surface area contributed by atoms with Gasteiger partial charge in [-0.3, -0.25) is 10.7 Å². The Bertz CT molecular complexity index is 1270. The largest absolute Gasteiger partial charge is 0.461 e. The summed E-state index contributed by atoms with van der Waals surface area (Å²) in [4.78, 5) is 20.0. The number of nitrogens with zero attached hydrogens (tertiary/aromatic N) is 4. The Morgan fingerprint density at radius 3 is 2.53 bits per heavy atom. The van der Waals surface area contributed by atoms with E-state index in [1.165, 1.54) is 6.26 Å². The molecule has 0 aliphatic heterocycles. The minimum atomic E-state index is -4.42. The van der Waals surface area contributed by atoms with Gasteiger partial charge >= 0.3 is 17.8 Å². The van der Waals surface area contributed by atoms with Crippen molar-refractivity contribution in [3.05, 3.63) is 52.4 Å². The lowest BCUT2D eigenvalue weighted by molar-refractivity contribution is -0.352. The fourth-order valence-corrected chi connectivity index (χ4v) is 3.38. The number of H-pyrrole nitrogens is 1. The van der Waals surface area contributed by atoms with Crippen LogP contribution in [-0.2, 0) is 6.54 Å². The number of pyridine rings is 1. The molecule has 4 aromatic heterocycles. The molecule has 8 nitrogen and oxygen atoms in total. The lowest BCUT2D eigenvalue weighted by Gasteiger charge is -2.08. The zero-order valence-electron chi connectivity index (χ0n) is 16.1. The van der Waals surface area contributed by atoms with E-state index in [1.54, 1.807) is 24.3 Å². The molecule has 0 atom stereocenters. The normalized spacial score (nSPS) is 12.0. The van der Waals surface area contributed by atoms with Crippen LogP contribution < -0.4 is 16.4 Å². The third-order valence-electron chi connectivity index (χ3n) is 4.55. The van der Waals surface area contributed by atoms with Gasteiger partial charge in [-0.15, -0.1) is 9.50 Å². The summed E-state index contributed by atoms with van der Waals surface area (Å²) in [6.45, 7) is 3.01. The molecule has 0 saturated heterocycles. The number of aryl methyl sites for hydroxylation is 3. The predicted octanol–water partition coefficient (Wildman–Crippen LogP) is 2.78. The first kappa shape index (κ1) is 19.7. The van der Waals surface area contributed by atoms with Gasteiger partial charge in [-0.2, -0.15) is 17.9 Å². The quantitative estimate of drug-likeness (QED) is 0.548. The smallest absolute Gasteiger partial charge is 0.411 e. The van der Waals surface area contributed by atoms with E-state index in [9.17, 15) is 18.0 Å². The highest BCUT2D eigenvalue weighted by molar-refractivity contribution is 5.87. The van der Waals surface area contributed by atoms with Crippen molar-refractivity contribution in [3.8, 4) is 22.6 Å². The molecule has 0 amide bonds. The van der Waals surface area contributed by atoms with Gasteiger partial charge in [0.15, 0.2) is 11.5 Å².